The van der Waals surface area contributed by atoms with Crippen LogP contribution in [0.5, 0.6) is 0 Å². The number of rotatable bonds is 5. The second-order valence-corrected chi connectivity index (χ2v) is 5.85. The smallest absolute Gasteiger partial charge is 0.238 e. The van der Waals surface area contributed by atoms with Crippen molar-refractivity contribution in [1.82, 2.24) is 10.2 Å². The first-order valence-electron chi connectivity index (χ1n) is 7.49. The molecule has 1 saturated carbocycles. The number of carbonyl (C=O) groups excluding carboxylic acids is 1. The van der Waals surface area contributed by atoms with Crippen LogP contribution in [0.4, 0.5) is 4.39 Å². The van der Waals surface area contributed by atoms with Crippen LogP contribution < -0.4 is 5.32 Å². The fourth-order valence-corrected chi connectivity index (χ4v) is 3.10. The number of benzene rings is 1. The lowest BCUT2D eigenvalue weighted by molar-refractivity contribution is -0.130. The van der Waals surface area contributed by atoms with Crippen molar-refractivity contribution in [3.63, 3.8) is 0 Å². The van der Waals surface area contributed by atoms with E-state index in [1.165, 1.54) is 18.9 Å². The minimum Gasteiger partial charge on any atom is -0.319 e. The lowest BCUT2D eigenvalue weighted by Crippen LogP contribution is -2.40. The SMILES string of the molecule is CCC(CC1CC1)N1C(=O)CNC1c1ccccc1F. The maximum absolute atomic E-state index is 14.0. The van der Waals surface area contributed by atoms with Crippen LogP contribution in [0.3, 0.4) is 0 Å². The topological polar surface area (TPSA) is 32.3 Å². The molecule has 1 saturated heterocycles. The Kier molecular flexibility index (Phi) is 3.74. The molecule has 4 heteroatoms. The Morgan fingerprint density at radius 2 is 2.15 bits per heavy atom. The number of nitrogens with zero attached hydrogens (tertiary/aromatic N) is 1. The van der Waals surface area contributed by atoms with E-state index in [1.807, 2.05) is 11.0 Å². The van der Waals surface area contributed by atoms with E-state index in [0.717, 1.165) is 18.8 Å². The minimum atomic E-state index is -0.313. The van der Waals surface area contributed by atoms with Gasteiger partial charge in [0.1, 0.15) is 12.0 Å². The molecule has 1 amide bonds. The molecule has 2 atom stereocenters. The summed E-state index contributed by atoms with van der Waals surface area (Å²) in [6.45, 7) is 2.41. The number of hydrogen-bond donors (Lipinski definition) is 1. The number of amides is 1. The van der Waals surface area contributed by atoms with Crippen molar-refractivity contribution in [2.75, 3.05) is 6.54 Å². The summed E-state index contributed by atoms with van der Waals surface area (Å²) in [6, 6.07) is 6.95. The Morgan fingerprint density at radius 3 is 2.80 bits per heavy atom. The van der Waals surface area contributed by atoms with Crippen LogP contribution >= 0.6 is 0 Å². The molecule has 0 radical (unpaired) electrons. The first-order valence-corrected chi connectivity index (χ1v) is 7.49. The van der Waals surface area contributed by atoms with Gasteiger partial charge in [0.15, 0.2) is 0 Å². The Bertz CT molecular complexity index is 501. The second kappa shape index (κ2) is 5.52. The fourth-order valence-electron chi connectivity index (χ4n) is 3.10. The summed E-state index contributed by atoms with van der Waals surface area (Å²) in [4.78, 5) is 14.1. The third-order valence-corrected chi connectivity index (χ3v) is 4.38. The molecule has 1 N–H and O–H groups in total. The summed E-state index contributed by atoms with van der Waals surface area (Å²) in [5.74, 6) is 0.603. The molecule has 3 rings (SSSR count). The molecular formula is C16H21FN2O. The minimum absolute atomic E-state index is 0.0887. The van der Waals surface area contributed by atoms with Crippen molar-refractivity contribution in [3.05, 3.63) is 35.6 Å². The van der Waals surface area contributed by atoms with Crippen LogP contribution in [-0.4, -0.2) is 23.4 Å². The molecular weight excluding hydrogens is 255 g/mol. The van der Waals surface area contributed by atoms with Crippen LogP contribution in [0.2, 0.25) is 0 Å². The van der Waals surface area contributed by atoms with Crippen LogP contribution in [0.25, 0.3) is 0 Å². The van der Waals surface area contributed by atoms with Gasteiger partial charge in [0, 0.05) is 11.6 Å². The largest absolute Gasteiger partial charge is 0.319 e. The highest BCUT2D eigenvalue weighted by Gasteiger charge is 2.39. The molecule has 1 aliphatic heterocycles. The van der Waals surface area contributed by atoms with E-state index in [9.17, 15) is 9.18 Å². The number of halogens is 1. The molecule has 1 aromatic carbocycles. The van der Waals surface area contributed by atoms with Gasteiger partial charge in [-0.05, 0) is 24.8 Å². The van der Waals surface area contributed by atoms with Gasteiger partial charge in [-0.15, -0.1) is 0 Å². The highest BCUT2D eigenvalue weighted by atomic mass is 19.1. The molecule has 1 heterocycles. The Labute approximate surface area is 119 Å². The molecule has 2 aliphatic rings. The van der Waals surface area contributed by atoms with Crippen molar-refractivity contribution >= 4 is 5.91 Å². The monoisotopic (exact) mass is 276 g/mol. The third kappa shape index (κ3) is 2.57. The lowest BCUT2D eigenvalue weighted by Gasteiger charge is -2.32. The molecule has 0 aromatic heterocycles. The van der Waals surface area contributed by atoms with Crippen molar-refractivity contribution in [1.29, 1.82) is 0 Å². The van der Waals surface area contributed by atoms with E-state index in [1.54, 1.807) is 12.1 Å². The summed E-state index contributed by atoms with van der Waals surface area (Å²) in [5, 5.41) is 3.16. The van der Waals surface area contributed by atoms with Gasteiger partial charge >= 0.3 is 0 Å². The highest BCUT2D eigenvalue weighted by molar-refractivity contribution is 5.81. The molecule has 20 heavy (non-hydrogen) atoms. The van der Waals surface area contributed by atoms with Crippen LogP contribution in [0.1, 0.15) is 44.3 Å². The van der Waals surface area contributed by atoms with Crippen LogP contribution in [0.15, 0.2) is 24.3 Å². The zero-order valence-electron chi connectivity index (χ0n) is 11.8. The first kappa shape index (κ1) is 13.6. The average Bonchev–Trinajstić information content (AvgIpc) is 3.19. The van der Waals surface area contributed by atoms with Gasteiger partial charge in [-0.2, -0.15) is 0 Å². The van der Waals surface area contributed by atoms with Crippen LogP contribution in [-0.2, 0) is 4.79 Å². The molecule has 1 aliphatic carbocycles. The summed E-state index contributed by atoms with van der Waals surface area (Å²) < 4.78 is 14.0. The Morgan fingerprint density at radius 1 is 1.40 bits per heavy atom. The maximum atomic E-state index is 14.0. The third-order valence-electron chi connectivity index (χ3n) is 4.38. The van der Waals surface area contributed by atoms with Gasteiger partial charge in [-0.1, -0.05) is 38.0 Å². The second-order valence-electron chi connectivity index (χ2n) is 5.85. The van der Waals surface area contributed by atoms with E-state index in [-0.39, 0.29) is 23.9 Å². The van der Waals surface area contributed by atoms with Gasteiger partial charge < -0.3 is 4.90 Å². The average molecular weight is 276 g/mol. The predicted molar refractivity (Wildman–Crippen MR) is 75.4 cm³/mol. The first-order chi connectivity index (χ1) is 9.70. The van der Waals surface area contributed by atoms with E-state index < -0.39 is 0 Å². The van der Waals surface area contributed by atoms with Gasteiger partial charge in [0.25, 0.3) is 0 Å². The number of nitrogens with one attached hydrogen (secondary N) is 1. The van der Waals surface area contributed by atoms with Gasteiger partial charge in [-0.25, -0.2) is 4.39 Å². The Balaban J connectivity index is 1.85. The summed E-state index contributed by atoms with van der Waals surface area (Å²) in [5.41, 5.74) is 0.576. The predicted octanol–water partition coefficient (Wildman–Crippen LogP) is 2.83. The van der Waals surface area contributed by atoms with Crippen molar-refractivity contribution in [3.8, 4) is 0 Å². The zero-order chi connectivity index (χ0) is 14.1. The standard InChI is InChI=1S/C16H21FN2O/c1-2-12(9-11-7-8-11)19-15(20)10-18-16(19)13-5-3-4-6-14(13)17/h3-6,11-12,16,18H,2,7-10H2,1H3. The van der Waals surface area contributed by atoms with Crippen LogP contribution in [0, 0.1) is 11.7 Å². The highest BCUT2D eigenvalue weighted by Crippen LogP contribution is 2.38. The zero-order valence-corrected chi connectivity index (χ0v) is 11.8. The molecule has 2 fully saturated rings. The van der Waals surface area contributed by atoms with E-state index >= 15 is 0 Å². The summed E-state index contributed by atoms with van der Waals surface area (Å²) in [6.07, 6.45) is 4.21. The van der Waals surface area contributed by atoms with E-state index in [4.69, 9.17) is 0 Å². The fraction of sp³-hybridized carbons (Fsp3) is 0.562. The molecule has 1 aromatic rings. The molecule has 0 bridgehead atoms. The lowest BCUT2D eigenvalue weighted by atomic mass is 10.0. The van der Waals surface area contributed by atoms with Gasteiger partial charge in [0.05, 0.1) is 6.54 Å². The normalized spacial score (nSPS) is 24.2. The summed E-state index contributed by atoms with van der Waals surface area (Å²) >= 11 is 0. The van der Waals surface area contributed by atoms with Crippen molar-refractivity contribution < 1.29 is 9.18 Å². The number of hydrogen-bond acceptors (Lipinski definition) is 2. The maximum Gasteiger partial charge on any atom is 0.238 e. The molecule has 3 nitrogen and oxygen atoms in total. The molecule has 108 valence electrons. The molecule has 2 unspecified atom stereocenters. The van der Waals surface area contributed by atoms with E-state index in [0.29, 0.717) is 12.1 Å². The molecule has 0 spiro atoms. The van der Waals surface area contributed by atoms with Crippen molar-refractivity contribution in [2.24, 2.45) is 5.92 Å². The van der Waals surface area contributed by atoms with E-state index in [2.05, 4.69) is 12.2 Å². The van der Waals surface area contributed by atoms with Crippen molar-refractivity contribution in [2.45, 2.75) is 44.8 Å². The summed E-state index contributed by atoms with van der Waals surface area (Å²) in [7, 11) is 0. The van der Waals surface area contributed by atoms with Gasteiger partial charge in [-0.3, -0.25) is 10.1 Å². The van der Waals surface area contributed by atoms with Gasteiger partial charge in [0.2, 0.25) is 5.91 Å². The Hall–Kier alpha value is -1.42. The quantitative estimate of drug-likeness (QED) is 0.897. The number of carbonyl (C=O) groups is 1.